The van der Waals surface area contributed by atoms with Gasteiger partial charge in [-0.15, -0.1) is 10.2 Å². The number of aryl methyl sites for hydroxylation is 1. The molecule has 1 aromatic carbocycles. The van der Waals surface area contributed by atoms with Gasteiger partial charge in [-0.1, -0.05) is 49.4 Å². The van der Waals surface area contributed by atoms with Crippen molar-refractivity contribution in [2.75, 3.05) is 5.32 Å². The highest BCUT2D eigenvalue weighted by Crippen LogP contribution is 2.29. The Hall–Kier alpha value is -2.28. The number of nitrogens with zero attached hydrogens (tertiary/aromatic N) is 2. The molecule has 2 N–H and O–H groups in total. The van der Waals surface area contributed by atoms with Gasteiger partial charge in [-0.2, -0.15) is 0 Å². The zero-order valence-corrected chi connectivity index (χ0v) is 15.9. The first-order valence-corrected chi connectivity index (χ1v) is 9.85. The average molecular weight is 372 g/mol. The van der Waals surface area contributed by atoms with E-state index >= 15 is 0 Å². The molecule has 0 saturated heterocycles. The number of rotatable bonds is 6. The molecule has 0 aliphatic heterocycles. The first kappa shape index (κ1) is 18.5. The van der Waals surface area contributed by atoms with Crippen molar-refractivity contribution >= 4 is 28.3 Å². The second-order valence-electron chi connectivity index (χ2n) is 6.86. The first-order valence-electron chi connectivity index (χ1n) is 9.03. The van der Waals surface area contributed by atoms with Crippen LogP contribution in [0.2, 0.25) is 0 Å². The predicted molar refractivity (Wildman–Crippen MR) is 102 cm³/mol. The topological polar surface area (TPSA) is 84.0 Å². The van der Waals surface area contributed by atoms with Crippen LogP contribution in [-0.4, -0.2) is 22.0 Å². The molecule has 0 spiro atoms. The maximum Gasteiger partial charge on any atom is 0.226 e. The number of hydrogen-bond donors (Lipinski definition) is 2. The molecular formula is C19H24N4O2S. The number of aromatic nitrogens is 2. The van der Waals surface area contributed by atoms with E-state index in [2.05, 4.69) is 33.0 Å². The van der Waals surface area contributed by atoms with Gasteiger partial charge in [-0.3, -0.25) is 9.59 Å². The third kappa shape index (κ3) is 4.66. The summed E-state index contributed by atoms with van der Waals surface area (Å²) in [5.74, 6) is -0.0278. The monoisotopic (exact) mass is 372 g/mol. The van der Waals surface area contributed by atoms with Crippen LogP contribution < -0.4 is 10.6 Å². The number of carbonyl (C=O) groups excluding carboxylic acids is 2. The van der Waals surface area contributed by atoms with E-state index in [1.165, 1.54) is 22.5 Å². The lowest BCUT2D eigenvalue weighted by Gasteiger charge is -2.26. The summed E-state index contributed by atoms with van der Waals surface area (Å²) in [5, 5.41) is 15.2. The number of benzene rings is 1. The summed E-state index contributed by atoms with van der Waals surface area (Å²) in [5.41, 5.74) is 2.51. The molecule has 2 aromatic rings. The van der Waals surface area contributed by atoms with Gasteiger partial charge in [-0.25, -0.2) is 0 Å². The van der Waals surface area contributed by atoms with Crippen molar-refractivity contribution in [2.24, 2.45) is 0 Å². The molecule has 0 unspecified atom stereocenters. The normalized spacial score (nSPS) is 16.2. The highest BCUT2D eigenvalue weighted by Gasteiger charge is 2.21. The Morgan fingerprint density at radius 3 is 2.73 bits per heavy atom. The lowest BCUT2D eigenvalue weighted by molar-refractivity contribution is -0.125. The predicted octanol–water partition coefficient (Wildman–Crippen LogP) is 3.57. The van der Waals surface area contributed by atoms with E-state index < -0.39 is 0 Å². The van der Waals surface area contributed by atoms with E-state index in [-0.39, 0.29) is 36.6 Å². The molecule has 7 heteroatoms. The summed E-state index contributed by atoms with van der Waals surface area (Å²) in [6.07, 6.45) is 3.37. The minimum atomic E-state index is -0.212. The number of hydrogen-bond acceptors (Lipinski definition) is 5. The lowest BCUT2D eigenvalue weighted by atomic mass is 9.87. The fraction of sp³-hybridized carbons (Fsp3) is 0.474. The van der Waals surface area contributed by atoms with Gasteiger partial charge in [0.15, 0.2) is 0 Å². The van der Waals surface area contributed by atoms with Crippen LogP contribution in [0.5, 0.6) is 0 Å². The van der Waals surface area contributed by atoms with Crippen LogP contribution in [-0.2, 0) is 16.0 Å². The van der Waals surface area contributed by atoms with Crippen LogP contribution in [0.3, 0.4) is 0 Å². The van der Waals surface area contributed by atoms with E-state index in [0.29, 0.717) is 5.13 Å². The average Bonchev–Trinajstić information content (AvgIpc) is 3.09. The molecule has 1 aliphatic rings. The molecule has 1 aromatic heterocycles. The van der Waals surface area contributed by atoms with Gasteiger partial charge in [-0.05, 0) is 30.4 Å². The maximum atomic E-state index is 12.3. The largest absolute Gasteiger partial charge is 0.349 e. The third-order valence-electron chi connectivity index (χ3n) is 4.46. The molecule has 1 aliphatic carbocycles. The number of fused-ring (bicyclic) bond motifs is 1. The molecule has 0 fully saturated rings. The Bertz CT molecular complexity index is 787. The molecule has 1 atom stereocenters. The van der Waals surface area contributed by atoms with Crippen LogP contribution in [0, 0.1) is 0 Å². The summed E-state index contributed by atoms with van der Waals surface area (Å²) in [6.45, 7) is 4.06. The quantitative estimate of drug-likeness (QED) is 0.812. The van der Waals surface area contributed by atoms with Gasteiger partial charge in [0.1, 0.15) is 5.01 Å². The molecule has 2 amide bonds. The Morgan fingerprint density at radius 1 is 1.19 bits per heavy atom. The molecule has 3 rings (SSSR count). The minimum absolute atomic E-state index is 0.0484. The Balaban J connectivity index is 1.47. The fourth-order valence-electron chi connectivity index (χ4n) is 3.10. The summed E-state index contributed by atoms with van der Waals surface area (Å²) in [7, 11) is 0. The van der Waals surface area contributed by atoms with Gasteiger partial charge in [0.05, 0.1) is 6.04 Å². The maximum absolute atomic E-state index is 12.3. The van der Waals surface area contributed by atoms with Crippen LogP contribution in [0.25, 0.3) is 0 Å². The SMILES string of the molecule is CC(C)c1nnc(NC(=O)CCC(=O)N[C@H]2CCCc3ccccc32)s1. The number of anilines is 1. The molecule has 0 bridgehead atoms. The standard InChI is InChI=1S/C19H24N4O2S/c1-12(2)18-22-23-19(26-18)21-17(25)11-10-16(24)20-15-9-5-7-13-6-3-4-8-14(13)15/h3-4,6,8,12,15H,5,7,9-11H2,1-2H3,(H,20,24)(H,21,23,25)/t15-/m0/s1. The van der Waals surface area contributed by atoms with Crippen molar-refractivity contribution in [1.29, 1.82) is 0 Å². The summed E-state index contributed by atoms with van der Waals surface area (Å²) in [4.78, 5) is 24.3. The Labute approximate surface area is 157 Å². The van der Waals surface area contributed by atoms with Crippen LogP contribution in [0.15, 0.2) is 24.3 Å². The molecule has 0 radical (unpaired) electrons. The molecular weight excluding hydrogens is 348 g/mol. The van der Waals surface area contributed by atoms with Gasteiger partial charge in [0.25, 0.3) is 0 Å². The molecule has 1 heterocycles. The minimum Gasteiger partial charge on any atom is -0.349 e. The Kier molecular flexibility index (Phi) is 5.98. The number of amides is 2. The molecule has 6 nitrogen and oxygen atoms in total. The van der Waals surface area contributed by atoms with E-state index in [4.69, 9.17) is 0 Å². The zero-order chi connectivity index (χ0) is 18.5. The van der Waals surface area contributed by atoms with E-state index in [0.717, 1.165) is 24.3 Å². The van der Waals surface area contributed by atoms with Gasteiger partial charge in [0.2, 0.25) is 16.9 Å². The van der Waals surface area contributed by atoms with Crippen LogP contribution in [0.4, 0.5) is 5.13 Å². The van der Waals surface area contributed by atoms with Gasteiger partial charge >= 0.3 is 0 Å². The highest BCUT2D eigenvalue weighted by atomic mass is 32.1. The third-order valence-corrected chi connectivity index (χ3v) is 5.60. The molecule has 26 heavy (non-hydrogen) atoms. The van der Waals surface area contributed by atoms with Crippen molar-refractivity contribution in [1.82, 2.24) is 15.5 Å². The second-order valence-corrected chi connectivity index (χ2v) is 7.87. The number of carbonyl (C=O) groups is 2. The molecule has 0 saturated carbocycles. The lowest BCUT2D eigenvalue weighted by Crippen LogP contribution is -2.31. The van der Waals surface area contributed by atoms with Crippen molar-refractivity contribution in [3.8, 4) is 0 Å². The summed E-state index contributed by atoms with van der Waals surface area (Å²) < 4.78 is 0. The zero-order valence-electron chi connectivity index (χ0n) is 15.1. The van der Waals surface area contributed by atoms with Crippen LogP contribution in [0.1, 0.15) is 67.6 Å². The second kappa shape index (κ2) is 8.40. The molecule has 138 valence electrons. The van der Waals surface area contributed by atoms with Crippen molar-refractivity contribution in [2.45, 2.75) is 57.9 Å². The van der Waals surface area contributed by atoms with Crippen molar-refractivity contribution in [3.63, 3.8) is 0 Å². The van der Waals surface area contributed by atoms with Gasteiger partial charge in [0, 0.05) is 18.8 Å². The van der Waals surface area contributed by atoms with Gasteiger partial charge < -0.3 is 10.6 Å². The van der Waals surface area contributed by atoms with Crippen molar-refractivity contribution < 1.29 is 9.59 Å². The summed E-state index contributed by atoms with van der Waals surface area (Å²) >= 11 is 1.37. The smallest absolute Gasteiger partial charge is 0.226 e. The van der Waals surface area contributed by atoms with E-state index in [1.807, 2.05) is 26.0 Å². The van der Waals surface area contributed by atoms with Crippen LogP contribution >= 0.6 is 11.3 Å². The van der Waals surface area contributed by atoms with E-state index in [9.17, 15) is 9.59 Å². The van der Waals surface area contributed by atoms with Crippen molar-refractivity contribution in [3.05, 3.63) is 40.4 Å². The fourth-order valence-corrected chi connectivity index (χ4v) is 3.86. The number of nitrogens with one attached hydrogen (secondary N) is 2. The highest BCUT2D eigenvalue weighted by molar-refractivity contribution is 7.15. The summed E-state index contributed by atoms with van der Waals surface area (Å²) in [6, 6.07) is 8.28. The first-order chi connectivity index (χ1) is 12.5. The Morgan fingerprint density at radius 2 is 1.96 bits per heavy atom. The van der Waals surface area contributed by atoms with E-state index in [1.54, 1.807) is 0 Å².